The number of fused-ring (bicyclic) bond motifs is 6. The monoisotopic (exact) mass is 1160 g/mol. The number of ketones is 4. The molecule has 14 atom stereocenters. The number of carbonyl (C=O) groups excluding carboxylic acids is 4. The van der Waals surface area contributed by atoms with Gasteiger partial charge in [-0.2, -0.15) is 0 Å². The Morgan fingerprint density at radius 3 is 1.40 bits per heavy atom. The maximum absolute atomic E-state index is 14.4. The molecule has 80 heavy (non-hydrogen) atoms. The van der Waals surface area contributed by atoms with Crippen LogP contribution >= 0.6 is 24.8 Å². The predicted octanol–water partition coefficient (Wildman–Crippen LogP) is 1.16. The first kappa shape index (κ1) is 59.0. The van der Waals surface area contributed by atoms with Crippen LogP contribution in [0.3, 0.4) is 0 Å². The van der Waals surface area contributed by atoms with E-state index < -0.39 is 202 Å². The van der Waals surface area contributed by atoms with Gasteiger partial charge in [-0.15, -0.1) is 24.8 Å². The van der Waals surface area contributed by atoms with E-state index in [0.717, 1.165) is 0 Å². The molecular weight excluding hydrogens is 1100 g/mol. The van der Waals surface area contributed by atoms with Crippen LogP contribution < -0.4 is 20.9 Å². The van der Waals surface area contributed by atoms with Gasteiger partial charge in [0.2, 0.25) is 23.1 Å². The predicted molar refractivity (Wildman–Crippen MR) is 276 cm³/mol. The van der Waals surface area contributed by atoms with Crippen molar-refractivity contribution in [1.29, 1.82) is 0 Å². The van der Waals surface area contributed by atoms with Crippen molar-refractivity contribution in [2.75, 3.05) is 27.4 Å². The Hall–Kier alpha value is -5.62. The average Bonchev–Trinajstić information content (AvgIpc) is 3.79. The maximum atomic E-state index is 14.4. The number of ether oxygens (including phenoxy) is 8. The molecule has 3 heterocycles. The zero-order chi connectivity index (χ0) is 56.0. The van der Waals surface area contributed by atoms with E-state index in [1.54, 1.807) is 0 Å². The third-order valence-corrected chi connectivity index (χ3v) is 16.8. The van der Waals surface area contributed by atoms with E-state index >= 15 is 0 Å². The Kier molecular flexibility index (Phi) is 15.2. The van der Waals surface area contributed by atoms with Gasteiger partial charge in [0.25, 0.3) is 0 Å². The number of aromatic hydroxyl groups is 4. The molecule has 7 aliphatic rings. The molecule has 4 aliphatic carbocycles. The summed E-state index contributed by atoms with van der Waals surface area (Å²) in [5.41, 5.74) is 2.17. The highest BCUT2D eigenvalue weighted by Crippen LogP contribution is 2.60. The number of aliphatic hydroxyl groups is 6. The highest BCUT2D eigenvalue weighted by Gasteiger charge is 2.70. The molecule has 3 aliphatic heterocycles. The summed E-state index contributed by atoms with van der Waals surface area (Å²) in [6.45, 7) is 0.573. The largest absolute Gasteiger partial charge is 0.507 e. The van der Waals surface area contributed by atoms with Crippen molar-refractivity contribution in [3.8, 4) is 34.5 Å². The van der Waals surface area contributed by atoms with Crippen molar-refractivity contribution in [3.63, 3.8) is 0 Å². The third-order valence-electron chi connectivity index (χ3n) is 16.8. The number of hydrogen-bond acceptors (Lipinski definition) is 24. The highest BCUT2D eigenvalue weighted by atomic mass is 35.5. The zero-order valence-electron chi connectivity index (χ0n) is 43.2. The van der Waals surface area contributed by atoms with E-state index in [1.807, 2.05) is 0 Å². The number of carbonyl (C=O) groups is 4. The molecule has 26 heteroatoms. The fourth-order valence-electron chi connectivity index (χ4n) is 12.6. The van der Waals surface area contributed by atoms with Crippen molar-refractivity contribution >= 4 is 47.9 Å². The summed E-state index contributed by atoms with van der Waals surface area (Å²) in [6, 6.07) is 6.50. The van der Waals surface area contributed by atoms with Crippen molar-refractivity contribution in [1.82, 2.24) is 0 Å². The number of rotatable bonds is 9. The number of phenols is 4. The molecule has 11 rings (SSSR count). The Morgan fingerprint density at radius 1 is 0.600 bits per heavy atom. The third kappa shape index (κ3) is 8.49. The minimum Gasteiger partial charge on any atom is -0.507 e. The number of nitrogens with two attached hydrogens (primary N) is 2. The molecule has 0 bridgehead atoms. The van der Waals surface area contributed by atoms with Crippen LogP contribution in [0.25, 0.3) is 0 Å². The highest BCUT2D eigenvalue weighted by molar-refractivity contribution is 6.32. The lowest BCUT2D eigenvalue weighted by atomic mass is 9.69. The first-order valence-electron chi connectivity index (χ1n) is 25.2. The smallest absolute Gasteiger partial charge is 0.224 e. The molecule has 0 aromatic heterocycles. The molecule has 3 fully saturated rings. The lowest BCUT2D eigenvalue weighted by molar-refractivity contribution is -0.366. The van der Waals surface area contributed by atoms with Gasteiger partial charge in [0.05, 0.1) is 84.2 Å². The van der Waals surface area contributed by atoms with Crippen LogP contribution in [0, 0.1) is 0 Å². The molecule has 432 valence electrons. The molecular formula is C54H60Cl2N2O22. The van der Waals surface area contributed by atoms with Crippen LogP contribution in [0.1, 0.15) is 138 Å². The minimum atomic E-state index is -3.09. The molecule has 0 radical (unpaired) electrons. The van der Waals surface area contributed by atoms with E-state index in [-0.39, 0.29) is 82.5 Å². The Bertz CT molecular complexity index is 3230. The second-order valence-electron chi connectivity index (χ2n) is 21.2. The fourth-order valence-corrected chi connectivity index (χ4v) is 12.6. The van der Waals surface area contributed by atoms with Gasteiger partial charge in [0, 0.05) is 84.0 Å². The molecule has 0 spiro atoms. The standard InChI is InChI=1S/C54H58N2O22.2ClH/c1-19-41(58)25(55)11-31(74-19)76-29-15-51(68,13-23-35(29)49(66)39-37(45(23)62)43(60)21-7-5-9-27(71-3)33(21)47(39)64)53(70)18-73-54(17-57,78-53)52(69)14-24-36(30(16-52)77-32-12-26(56)42(59)20(2)75-32)50(67)40-38(46(24)63)44(61)22-8-6-10-28(72-4)34(22)48(40)65;;/h5-10,19-20,25-26,29-32,41-42,57-59,62-63,66-70H,11-18,55-56H2,1-4H3;2*1H/t19-,20-,25-,26-,29-,30-,31-,32-,41-,42-,51-,52-,53+,54+;;/m0../s1. The van der Waals surface area contributed by atoms with Gasteiger partial charge < -0.3 is 100 Å². The van der Waals surface area contributed by atoms with E-state index in [2.05, 4.69) is 0 Å². The first-order chi connectivity index (χ1) is 36.9. The van der Waals surface area contributed by atoms with Crippen molar-refractivity contribution in [3.05, 3.63) is 103 Å². The van der Waals surface area contributed by atoms with E-state index in [1.165, 1.54) is 64.5 Å². The second kappa shape index (κ2) is 20.7. The number of methoxy groups -OCH3 is 2. The number of aliphatic hydroxyl groups excluding tert-OH is 3. The summed E-state index contributed by atoms with van der Waals surface area (Å²) >= 11 is 0. The van der Waals surface area contributed by atoms with Crippen LogP contribution in [-0.2, 0) is 41.3 Å². The van der Waals surface area contributed by atoms with Crippen LogP contribution in [0.2, 0.25) is 0 Å². The van der Waals surface area contributed by atoms with Crippen LogP contribution in [0.4, 0.5) is 0 Å². The number of hydrogen-bond donors (Lipinski definition) is 12. The zero-order valence-corrected chi connectivity index (χ0v) is 44.9. The Balaban J connectivity index is 0.00000387. The molecule has 4 aromatic carbocycles. The summed E-state index contributed by atoms with van der Waals surface area (Å²) in [5.74, 6) is -13.1. The number of benzene rings is 4. The average molecular weight is 1160 g/mol. The minimum absolute atomic E-state index is 0. The SMILES string of the molecule is COc1cccc2c1C(=O)c1c(O)c3c(c(O)c1C2=O)C[C@@](O)([C@]1(CO)OC[C@](O)([C@]2(O)Cc4c(O)c5c(c(O)c4[C@@H](O[C@H]4C[C@H](N)[C@@H](O)[C@H](C)O4)C2)C(=O)c2c(OC)cccc2C5=O)O1)C[C@@H]3O[C@H]1C[C@H](N)[C@@H](O)[C@H](C)O1.Cl.Cl. The van der Waals surface area contributed by atoms with E-state index in [4.69, 9.17) is 49.4 Å². The summed E-state index contributed by atoms with van der Waals surface area (Å²) in [4.78, 5) is 57.4. The lowest BCUT2D eigenvalue weighted by Gasteiger charge is -2.50. The van der Waals surface area contributed by atoms with Crippen molar-refractivity contribution in [2.24, 2.45) is 11.5 Å². The number of phenolic OH excluding ortho intramolecular Hbond substituents is 4. The van der Waals surface area contributed by atoms with Gasteiger partial charge in [-0.05, 0) is 26.0 Å². The van der Waals surface area contributed by atoms with Crippen LogP contribution in [-0.4, -0.2) is 173 Å². The molecule has 14 N–H and O–H groups in total. The van der Waals surface area contributed by atoms with Gasteiger partial charge >= 0.3 is 0 Å². The summed E-state index contributed by atoms with van der Waals surface area (Å²) in [6.07, 6.45) is -13.9. The molecule has 0 unspecified atom stereocenters. The molecule has 24 nitrogen and oxygen atoms in total. The molecule has 0 amide bonds. The fraction of sp³-hybridized carbons (Fsp3) is 0.481. The van der Waals surface area contributed by atoms with Gasteiger partial charge in [0.15, 0.2) is 24.1 Å². The summed E-state index contributed by atoms with van der Waals surface area (Å²) in [7, 11) is 2.54. The second-order valence-corrected chi connectivity index (χ2v) is 21.2. The summed E-state index contributed by atoms with van der Waals surface area (Å²) in [5, 5.41) is 121. The Morgan fingerprint density at radius 2 is 1.00 bits per heavy atom. The molecule has 0 saturated carbocycles. The van der Waals surface area contributed by atoms with Crippen molar-refractivity contribution < 1.29 is 108 Å². The van der Waals surface area contributed by atoms with E-state index in [9.17, 15) is 70.2 Å². The van der Waals surface area contributed by atoms with Crippen molar-refractivity contribution in [2.45, 2.75) is 136 Å². The topological polar surface area (TPSA) is 396 Å². The molecule has 4 aromatic rings. The lowest BCUT2D eigenvalue weighted by Crippen LogP contribution is -2.65. The Labute approximate surface area is 467 Å². The summed E-state index contributed by atoms with van der Waals surface area (Å²) < 4.78 is 47.9. The maximum Gasteiger partial charge on any atom is 0.224 e. The van der Waals surface area contributed by atoms with Gasteiger partial charge in [-0.3, -0.25) is 19.2 Å². The van der Waals surface area contributed by atoms with E-state index in [0.29, 0.717) is 0 Å². The van der Waals surface area contributed by atoms with Gasteiger partial charge in [-0.25, -0.2) is 0 Å². The van der Waals surface area contributed by atoms with Gasteiger partial charge in [-0.1, -0.05) is 24.3 Å². The molecule has 3 saturated heterocycles. The van der Waals surface area contributed by atoms with Gasteiger partial charge in [0.1, 0.15) is 58.9 Å². The van der Waals surface area contributed by atoms with Crippen LogP contribution in [0.15, 0.2) is 36.4 Å². The van der Waals surface area contributed by atoms with Crippen LogP contribution in [0.5, 0.6) is 34.5 Å². The normalized spacial score (nSPS) is 34.1. The number of halogens is 2. The first-order valence-corrected chi connectivity index (χ1v) is 25.2. The quantitative estimate of drug-likeness (QED) is 0.0904.